The van der Waals surface area contributed by atoms with Crippen LogP contribution in [0.3, 0.4) is 0 Å². The van der Waals surface area contributed by atoms with E-state index in [4.69, 9.17) is 10.00 Å². The summed E-state index contributed by atoms with van der Waals surface area (Å²) in [6, 6.07) is 11.7. The van der Waals surface area contributed by atoms with Crippen LogP contribution < -0.4 is 4.74 Å². The Kier molecular flexibility index (Phi) is 5.63. The fourth-order valence-electron chi connectivity index (χ4n) is 2.99. The second-order valence-electron chi connectivity index (χ2n) is 6.71. The summed E-state index contributed by atoms with van der Waals surface area (Å²) in [5.41, 5.74) is -0.00467. The van der Waals surface area contributed by atoms with E-state index in [9.17, 15) is 18.5 Å². The van der Waals surface area contributed by atoms with Gasteiger partial charge in [-0.25, -0.2) is 8.42 Å². The van der Waals surface area contributed by atoms with E-state index in [1.165, 1.54) is 40.7 Å². The van der Waals surface area contributed by atoms with E-state index in [-0.39, 0.29) is 10.6 Å². The number of benzene rings is 2. The van der Waals surface area contributed by atoms with Crippen LogP contribution in [-0.2, 0) is 10.0 Å². The molecule has 1 fully saturated rings. The van der Waals surface area contributed by atoms with E-state index in [1.807, 2.05) is 6.07 Å². The van der Waals surface area contributed by atoms with Gasteiger partial charge in [-0.1, -0.05) is 6.92 Å². The lowest BCUT2D eigenvalue weighted by molar-refractivity contribution is -0.385. The third-order valence-electron chi connectivity index (χ3n) is 4.72. The van der Waals surface area contributed by atoms with Crippen LogP contribution in [0, 0.1) is 27.4 Å². The van der Waals surface area contributed by atoms with Crippen molar-refractivity contribution in [2.75, 3.05) is 13.1 Å². The number of rotatable bonds is 5. The molecule has 1 aliphatic rings. The van der Waals surface area contributed by atoms with Crippen molar-refractivity contribution in [3.63, 3.8) is 0 Å². The summed E-state index contributed by atoms with van der Waals surface area (Å²) >= 11 is 0. The number of ether oxygens (including phenoxy) is 1. The quantitative estimate of drug-likeness (QED) is 0.558. The van der Waals surface area contributed by atoms with Crippen LogP contribution in [0.1, 0.15) is 25.3 Å². The van der Waals surface area contributed by atoms with Crippen molar-refractivity contribution >= 4 is 15.7 Å². The van der Waals surface area contributed by atoms with Gasteiger partial charge in [0.2, 0.25) is 15.8 Å². The highest BCUT2D eigenvalue weighted by atomic mass is 32.2. The molecule has 0 N–H and O–H groups in total. The van der Waals surface area contributed by atoms with Crippen molar-refractivity contribution in [1.82, 2.24) is 4.31 Å². The first kappa shape index (κ1) is 19.8. The molecular formula is C19H19N3O5S. The molecule has 9 heteroatoms. The maximum Gasteiger partial charge on any atom is 0.312 e. The van der Waals surface area contributed by atoms with Crippen molar-refractivity contribution in [3.8, 4) is 17.6 Å². The predicted molar refractivity (Wildman–Crippen MR) is 101 cm³/mol. The van der Waals surface area contributed by atoms with Gasteiger partial charge in [0.1, 0.15) is 5.75 Å². The van der Waals surface area contributed by atoms with Gasteiger partial charge in [0.05, 0.1) is 21.5 Å². The first-order valence-electron chi connectivity index (χ1n) is 8.78. The van der Waals surface area contributed by atoms with Gasteiger partial charge in [-0.15, -0.1) is 0 Å². The van der Waals surface area contributed by atoms with Crippen LogP contribution in [-0.4, -0.2) is 30.7 Å². The first-order valence-corrected chi connectivity index (χ1v) is 10.2. The summed E-state index contributed by atoms with van der Waals surface area (Å²) in [4.78, 5) is 10.7. The van der Waals surface area contributed by atoms with E-state index in [0.717, 1.165) is 18.9 Å². The molecule has 0 atom stereocenters. The zero-order valence-electron chi connectivity index (χ0n) is 15.2. The van der Waals surface area contributed by atoms with Crippen molar-refractivity contribution < 1.29 is 18.1 Å². The van der Waals surface area contributed by atoms with Crippen LogP contribution in [0.2, 0.25) is 0 Å². The summed E-state index contributed by atoms with van der Waals surface area (Å²) in [5, 5.41) is 20.3. The monoisotopic (exact) mass is 401 g/mol. The lowest BCUT2D eigenvalue weighted by Gasteiger charge is -2.29. The van der Waals surface area contributed by atoms with Gasteiger partial charge in [-0.05, 0) is 55.2 Å². The predicted octanol–water partition coefficient (Wildman–Crippen LogP) is 3.68. The average molecular weight is 401 g/mol. The molecule has 0 aliphatic carbocycles. The molecule has 3 rings (SSSR count). The normalized spacial score (nSPS) is 15.7. The Bertz CT molecular complexity index is 1020. The molecule has 0 amide bonds. The maximum absolute atomic E-state index is 12.8. The number of nitro groups is 1. The van der Waals surface area contributed by atoms with Crippen molar-refractivity contribution in [2.24, 2.45) is 5.92 Å². The van der Waals surface area contributed by atoms with Crippen molar-refractivity contribution in [3.05, 3.63) is 58.1 Å². The van der Waals surface area contributed by atoms with Gasteiger partial charge in [0, 0.05) is 19.2 Å². The SMILES string of the molecule is CC1CCN(S(=O)(=O)c2ccc(Oc3ccc(C#N)cc3)c([N+](=O)[O-])c2)CC1. The Hall–Kier alpha value is -2.96. The summed E-state index contributed by atoms with van der Waals surface area (Å²) in [7, 11) is -3.80. The lowest BCUT2D eigenvalue weighted by Crippen LogP contribution is -2.37. The number of piperidine rings is 1. The highest BCUT2D eigenvalue weighted by Gasteiger charge is 2.30. The van der Waals surface area contributed by atoms with E-state index >= 15 is 0 Å². The number of hydrogen-bond acceptors (Lipinski definition) is 6. The highest BCUT2D eigenvalue weighted by Crippen LogP contribution is 2.34. The Morgan fingerprint density at radius 1 is 1.18 bits per heavy atom. The van der Waals surface area contributed by atoms with Crippen molar-refractivity contribution in [1.29, 1.82) is 5.26 Å². The molecule has 0 bridgehead atoms. The van der Waals surface area contributed by atoms with Gasteiger partial charge < -0.3 is 4.74 Å². The molecule has 28 heavy (non-hydrogen) atoms. The Morgan fingerprint density at radius 3 is 2.39 bits per heavy atom. The number of hydrogen-bond donors (Lipinski definition) is 0. The topological polar surface area (TPSA) is 114 Å². The number of sulfonamides is 1. The third kappa shape index (κ3) is 4.13. The summed E-state index contributed by atoms with van der Waals surface area (Å²) in [6.45, 7) is 2.88. The molecule has 0 aromatic heterocycles. The Balaban J connectivity index is 1.90. The Labute approximate surface area is 163 Å². The molecule has 8 nitrogen and oxygen atoms in total. The van der Waals surface area contributed by atoms with Crippen LogP contribution >= 0.6 is 0 Å². The van der Waals surface area contributed by atoms with Gasteiger partial charge >= 0.3 is 5.69 Å². The molecule has 1 heterocycles. The Morgan fingerprint density at radius 2 is 1.82 bits per heavy atom. The minimum absolute atomic E-state index is 0.0686. The molecule has 0 radical (unpaired) electrons. The molecule has 0 spiro atoms. The maximum atomic E-state index is 12.8. The molecule has 146 valence electrons. The molecule has 1 aliphatic heterocycles. The second kappa shape index (κ2) is 7.96. The minimum atomic E-state index is -3.80. The summed E-state index contributed by atoms with van der Waals surface area (Å²) in [5.74, 6) is 0.702. The van der Waals surface area contributed by atoms with Gasteiger partial charge in [0.25, 0.3) is 0 Å². The fourth-order valence-corrected chi connectivity index (χ4v) is 4.48. The molecule has 0 unspecified atom stereocenters. The fraction of sp³-hybridized carbons (Fsp3) is 0.316. The van der Waals surface area contributed by atoms with Crippen LogP contribution in [0.4, 0.5) is 5.69 Å². The molecule has 0 saturated carbocycles. The van der Waals surface area contributed by atoms with Crippen LogP contribution in [0.5, 0.6) is 11.5 Å². The van der Waals surface area contributed by atoms with Crippen LogP contribution in [0.25, 0.3) is 0 Å². The number of nitrogens with zero attached hydrogens (tertiary/aromatic N) is 3. The molecule has 1 saturated heterocycles. The van der Waals surface area contributed by atoms with Crippen LogP contribution in [0.15, 0.2) is 47.4 Å². The standard InChI is InChI=1S/C19H19N3O5S/c1-14-8-10-21(11-9-14)28(25,26)17-6-7-19(18(12-17)22(23)24)27-16-4-2-15(13-20)3-5-16/h2-7,12,14H,8-11H2,1H3. The van der Waals surface area contributed by atoms with E-state index in [0.29, 0.717) is 30.3 Å². The van der Waals surface area contributed by atoms with Gasteiger partial charge in [-0.3, -0.25) is 10.1 Å². The van der Waals surface area contributed by atoms with E-state index in [1.54, 1.807) is 0 Å². The minimum Gasteiger partial charge on any atom is -0.450 e. The first-order chi connectivity index (χ1) is 13.3. The summed E-state index contributed by atoms with van der Waals surface area (Å²) < 4.78 is 32.6. The van der Waals surface area contributed by atoms with Crippen molar-refractivity contribution in [2.45, 2.75) is 24.7 Å². The summed E-state index contributed by atoms with van der Waals surface area (Å²) in [6.07, 6.45) is 1.53. The highest BCUT2D eigenvalue weighted by molar-refractivity contribution is 7.89. The molecule has 2 aromatic carbocycles. The number of nitriles is 1. The molecular weight excluding hydrogens is 382 g/mol. The van der Waals surface area contributed by atoms with Gasteiger partial charge in [-0.2, -0.15) is 9.57 Å². The number of nitro benzene ring substituents is 1. The third-order valence-corrected chi connectivity index (χ3v) is 6.61. The van der Waals surface area contributed by atoms with E-state index in [2.05, 4.69) is 6.92 Å². The molecule has 2 aromatic rings. The van der Waals surface area contributed by atoms with Gasteiger partial charge in [0.15, 0.2) is 0 Å². The smallest absolute Gasteiger partial charge is 0.312 e. The average Bonchev–Trinajstić information content (AvgIpc) is 2.69. The second-order valence-corrected chi connectivity index (χ2v) is 8.65. The van der Waals surface area contributed by atoms with E-state index < -0.39 is 20.6 Å². The lowest BCUT2D eigenvalue weighted by atomic mass is 10.0. The zero-order valence-corrected chi connectivity index (χ0v) is 16.1. The zero-order chi connectivity index (χ0) is 20.3. The largest absolute Gasteiger partial charge is 0.450 e.